The lowest BCUT2D eigenvalue weighted by Crippen LogP contribution is -2.33. The van der Waals surface area contributed by atoms with Gasteiger partial charge in [-0.2, -0.15) is 8.78 Å². The molecular weight excluding hydrogens is 478 g/mol. The molecule has 0 amide bonds. The van der Waals surface area contributed by atoms with Gasteiger partial charge in [-0.1, -0.05) is 12.1 Å². The highest BCUT2D eigenvalue weighted by atomic mass is 19.3. The van der Waals surface area contributed by atoms with Crippen molar-refractivity contribution in [3.63, 3.8) is 0 Å². The molecule has 0 bridgehead atoms. The van der Waals surface area contributed by atoms with Gasteiger partial charge < -0.3 is 23.9 Å². The Morgan fingerprint density at radius 2 is 1.83 bits per heavy atom. The second kappa shape index (κ2) is 10.2. The highest BCUT2D eigenvalue weighted by Gasteiger charge is 2.19. The molecule has 1 unspecified atom stereocenters. The van der Waals surface area contributed by atoms with Gasteiger partial charge >= 0.3 is 12.3 Å². The maximum atomic E-state index is 12.5. The van der Waals surface area contributed by atoms with Crippen LogP contribution in [0.4, 0.5) is 8.78 Å². The maximum Gasteiger partial charge on any atom is 0.387 e. The molecule has 0 aliphatic rings. The summed E-state index contributed by atoms with van der Waals surface area (Å²) < 4.78 is 43.1. The largest absolute Gasteiger partial charge is 0.493 e. The van der Waals surface area contributed by atoms with Crippen molar-refractivity contribution in [3.8, 4) is 28.6 Å². The number of aryl methyl sites for hydroxylation is 1. The number of aliphatic hydroxyl groups excluding tert-OH is 1. The van der Waals surface area contributed by atoms with Gasteiger partial charge in [0.15, 0.2) is 22.7 Å². The summed E-state index contributed by atoms with van der Waals surface area (Å²) in [6.07, 6.45) is -0.827. The molecule has 0 saturated heterocycles. The molecule has 4 rings (SSSR count). The fraction of sp³-hybridized carbons (Fsp3) is 0.292. The van der Waals surface area contributed by atoms with Crippen molar-refractivity contribution in [1.29, 1.82) is 0 Å². The van der Waals surface area contributed by atoms with Gasteiger partial charge in [-0.05, 0) is 42.8 Å². The first-order valence-corrected chi connectivity index (χ1v) is 10.9. The molecule has 12 heteroatoms. The summed E-state index contributed by atoms with van der Waals surface area (Å²) in [5.41, 5.74) is 0.419. The molecule has 2 N–H and O–H groups in total. The van der Waals surface area contributed by atoms with Crippen LogP contribution >= 0.6 is 0 Å². The summed E-state index contributed by atoms with van der Waals surface area (Å²) in [5.74, 6) is 1.28. The number of fused-ring (bicyclic) bond motifs is 1. The van der Waals surface area contributed by atoms with Crippen LogP contribution in [0.2, 0.25) is 0 Å². The van der Waals surface area contributed by atoms with Crippen molar-refractivity contribution in [1.82, 2.24) is 19.1 Å². The predicted octanol–water partition coefficient (Wildman–Crippen LogP) is 2.66. The standard InChI is InChI=1S/C24H24F2N4O6/c1-13(31)11-30-21-19(22(32)28-24(30)33)29(2)20(27-21)15-6-9-17(18(10-15)34-3)35-12-14-4-7-16(8-5-14)36-23(25)26/h4-10,13,23,31H,11-12H2,1-3H3,(H,28,32,33). The van der Waals surface area contributed by atoms with E-state index in [0.717, 1.165) is 5.56 Å². The first-order chi connectivity index (χ1) is 17.2. The van der Waals surface area contributed by atoms with Crippen LogP contribution in [0.3, 0.4) is 0 Å². The molecule has 0 aliphatic heterocycles. The summed E-state index contributed by atoms with van der Waals surface area (Å²) in [6.45, 7) is -1.25. The lowest BCUT2D eigenvalue weighted by molar-refractivity contribution is -0.0498. The minimum absolute atomic E-state index is 0.0338. The fourth-order valence-electron chi connectivity index (χ4n) is 3.79. The lowest BCUT2D eigenvalue weighted by Gasteiger charge is -2.13. The van der Waals surface area contributed by atoms with Crippen LogP contribution in [-0.4, -0.2) is 44.0 Å². The molecule has 0 aliphatic carbocycles. The van der Waals surface area contributed by atoms with E-state index in [-0.39, 0.29) is 30.1 Å². The molecule has 0 radical (unpaired) electrons. The first kappa shape index (κ1) is 24.9. The maximum absolute atomic E-state index is 12.5. The van der Waals surface area contributed by atoms with E-state index in [4.69, 9.17) is 9.47 Å². The minimum atomic E-state index is -2.89. The van der Waals surface area contributed by atoms with E-state index in [1.807, 2.05) is 0 Å². The van der Waals surface area contributed by atoms with Gasteiger partial charge in [-0.15, -0.1) is 0 Å². The van der Waals surface area contributed by atoms with Crippen LogP contribution < -0.4 is 25.5 Å². The number of methoxy groups -OCH3 is 1. The predicted molar refractivity (Wildman–Crippen MR) is 127 cm³/mol. The molecule has 1 atom stereocenters. The number of aliphatic hydroxyl groups is 1. The number of nitrogens with one attached hydrogen (secondary N) is 1. The van der Waals surface area contributed by atoms with E-state index in [9.17, 15) is 23.5 Å². The Bertz CT molecular complexity index is 1490. The van der Waals surface area contributed by atoms with Gasteiger partial charge in [0.25, 0.3) is 5.56 Å². The van der Waals surface area contributed by atoms with E-state index < -0.39 is 24.0 Å². The van der Waals surface area contributed by atoms with E-state index in [2.05, 4.69) is 14.7 Å². The zero-order valence-electron chi connectivity index (χ0n) is 19.7. The third-order valence-corrected chi connectivity index (χ3v) is 5.42. The Labute approximate surface area is 203 Å². The van der Waals surface area contributed by atoms with Gasteiger partial charge in [0, 0.05) is 12.6 Å². The minimum Gasteiger partial charge on any atom is -0.493 e. The third kappa shape index (κ3) is 5.08. The van der Waals surface area contributed by atoms with E-state index in [1.165, 1.54) is 30.7 Å². The number of halogens is 2. The van der Waals surface area contributed by atoms with Crippen LogP contribution in [0.5, 0.6) is 17.2 Å². The Kier molecular flexibility index (Phi) is 7.06. The summed E-state index contributed by atoms with van der Waals surface area (Å²) in [6, 6.07) is 11.2. The molecular formula is C24H24F2N4O6. The highest BCUT2D eigenvalue weighted by molar-refractivity contribution is 5.77. The number of aromatic nitrogens is 4. The molecule has 190 valence electrons. The van der Waals surface area contributed by atoms with Gasteiger partial charge in [-0.25, -0.2) is 9.78 Å². The zero-order chi connectivity index (χ0) is 26.0. The van der Waals surface area contributed by atoms with Gasteiger partial charge in [0.05, 0.1) is 19.8 Å². The normalized spacial score (nSPS) is 12.2. The van der Waals surface area contributed by atoms with Gasteiger partial charge in [0.2, 0.25) is 0 Å². The number of rotatable bonds is 9. The van der Waals surface area contributed by atoms with Crippen molar-refractivity contribution in [3.05, 3.63) is 68.9 Å². The van der Waals surface area contributed by atoms with Crippen molar-refractivity contribution < 1.29 is 28.1 Å². The zero-order valence-corrected chi connectivity index (χ0v) is 19.7. The Morgan fingerprint density at radius 3 is 2.47 bits per heavy atom. The number of imidazole rings is 1. The molecule has 2 aromatic heterocycles. The van der Waals surface area contributed by atoms with Crippen molar-refractivity contribution in [2.24, 2.45) is 7.05 Å². The molecule has 0 spiro atoms. The Balaban J connectivity index is 1.63. The van der Waals surface area contributed by atoms with Crippen LogP contribution in [0.15, 0.2) is 52.1 Å². The van der Waals surface area contributed by atoms with Crippen LogP contribution in [0.1, 0.15) is 12.5 Å². The van der Waals surface area contributed by atoms with Crippen molar-refractivity contribution in [2.45, 2.75) is 32.8 Å². The summed E-state index contributed by atoms with van der Waals surface area (Å²) in [5, 5.41) is 9.78. The number of H-pyrrole nitrogens is 1. The second-order valence-corrected chi connectivity index (χ2v) is 8.06. The topological polar surface area (TPSA) is 121 Å². The number of hydrogen-bond donors (Lipinski definition) is 2. The SMILES string of the molecule is COc1cc(-c2nc3c(c(=O)[nH]c(=O)n3CC(C)O)n2C)ccc1OCc1ccc(OC(F)F)cc1. The first-order valence-electron chi connectivity index (χ1n) is 10.9. The van der Waals surface area contributed by atoms with Gasteiger partial charge in [0.1, 0.15) is 18.2 Å². The number of alkyl halides is 2. The Morgan fingerprint density at radius 1 is 1.11 bits per heavy atom. The monoisotopic (exact) mass is 502 g/mol. The molecule has 4 aromatic rings. The molecule has 0 saturated carbocycles. The molecule has 2 heterocycles. The van der Waals surface area contributed by atoms with Crippen LogP contribution in [-0.2, 0) is 20.2 Å². The molecule has 0 fully saturated rings. The quantitative estimate of drug-likeness (QED) is 0.361. The van der Waals surface area contributed by atoms with Crippen LogP contribution in [0, 0.1) is 0 Å². The molecule has 10 nitrogen and oxygen atoms in total. The van der Waals surface area contributed by atoms with E-state index in [0.29, 0.717) is 22.9 Å². The third-order valence-electron chi connectivity index (χ3n) is 5.42. The van der Waals surface area contributed by atoms with Crippen molar-refractivity contribution in [2.75, 3.05) is 7.11 Å². The van der Waals surface area contributed by atoms with E-state index in [1.54, 1.807) is 41.9 Å². The lowest BCUT2D eigenvalue weighted by atomic mass is 10.2. The summed E-state index contributed by atoms with van der Waals surface area (Å²) in [7, 11) is 3.12. The highest BCUT2D eigenvalue weighted by Crippen LogP contribution is 2.33. The fourth-order valence-corrected chi connectivity index (χ4v) is 3.79. The molecule has 2 aromatic carbocycles. The average molecular weight is 502 g/mol. The van der Waals surface area contributed by atoms with Crippen molar-refractivity contribution >= 4 is 11.2 Å². The average Bonchev–Trinajstić information content (AvgIpc) is 3.18. The second-order valence-electron chi connectivity index (χ2n) is 8.06. The van der Waals surface area contributed by atoms with Gasteiger partial charge in [-0.3, -0.25) is 14.3 Å². The summed E-state index contributed by atoms with van der Waals surface area (Å²) >= 11 is 0. The number of benzene rings is 2. The number of hydrogen-bond acceptors (Lipinski definition) is 7. The smallest absolute Gasteiger partial charge is 0.387 e. The van der Waals surface area contributed by atoms with E-state index >= 15 is 0 Å². The number of ether oxygens (including phenoxy) is 3. The number of aromatic amines is 1. The molecule has 36 heavy (non-hydrogen) atoms. The number of nitrogens with zero attached hydrogens (tertiary/aromatic N) is 3. The van der Waals surface area contributed by atoms with Crippen LogP contribution in [0.25, 0.3) is 22.6 Å². The Hall–Kier alpha value is -4.19. The summed E-state index contributed by atoms with van der Waals surface area (Å²) in [4.78, 5) is 31.6.